The van der Waals surface area contributed by atoms with Crippen LogP contribution in [0.2, 0.25) is 0 Å². The molecule has 1 aliphatic rings. The predicted molar refractivity (Wildman–Crippen MR) is 101 cm³/mol. The zero-order valence-electron chi connectivity index (χ0n) is 14.0. The van der Waals surface area contributed by atoms with Crippen LogP contribution in [-0.2, 0) is 17.6 Å². The van der Waals surface area contributed by atoms with Crippen LogP contribution in [0.3, 0.4) is 0 Å². The molecule has 0 bridgehead atoms. The minimum absolute atomic E-state index is 0. The van der Waals surface area contributed by atoms with E-state index in [9.17, 15) is 4.79 Å². The molecule has 1 amide bonds. The van der Waals surface area contributed by atoms with Crippen LogP contribution in [0.25, 0.3) is 0 Å². The number of aryl methyl sites for hydroxylation is 3. The lowest BCUT2D eigenvalue weighted by molar-refractivity contribution is -0.121. The van der Waals surface area contributed by atoms with E-state index in [1.807, 2.05) is 12.1 Å². The minimum Gasteiger partial charge on any atom is -0.399 e. The van der Waals surface area contributed by atoms with Gasteiger partial charge in [0.15, 0.2) is 0 Å². The number of amides is 1. The number of nitrogens with two attached hydrogens (primary N) is 1. The molecule has 4 heteroatoms. The van der Waals surface area contributed by atoms with Gasteiger partial charge in [0.05, 0.1) is 6.04 Å². The molecule has 0 radical (unpaired) electrons. The predicted octanol–water partition coefficient (Wildman–Crippen LogP) is 4.13. The van der Waals surface area contributed by atoms with E-state index in [0.29, 0.717) is 6.42 Å². The first-order chi connectivity index (χ1) is 11.1. The van der Waals surface area contributed by atoms with Crippen LogP contribution >= 0.6 is 12.4 Å². The molecular weight excluding hydrogens is 320 g/mol. The second-order valence-corrected chi connectivity index (χ2v) is 6.46. The summed E-state index contributed by atoms with van der Waals surface area (Å²) in [6.45, 7) is 2.07. The third kappa shape index (κ3) is 4.51. The normalized spacial score (nSPS) is 16.0. The van der Waals surface area contributed by atoms with E-state index in [2.05, 4.69) is 42.6 Å². The number of halogens is 1. The fourth-order valence-electron chi connectivity index (χ4n) is 3.26. The first kappa shape index (κ1) is 18.3. The second kappa shape index (κ2) is 8.20. The van der Waals surface area contributed by atoms with Gasteiger partial charge in [0, 0.05) is 12.1 Å². The highest BCUT2D eigenvalue weighted by atomic mass is 35.5. The third-order valence-corrected chi connectivity index (χ3v) is 4.58. The summed E-state index contributed by atoms with van der Waals surface area (Å²) in [5, 5.41) is 3.20. The number of carbonyl (C=O) groups is 1. The number of nitrogen functional groups attached to an aromatic ring is 1. The maximum Gasteiger partial charge on any atom is 0.220 e. The zero-order chi connectivity index (χ0) is 16.2. The summed E-state index contributed by atoms with van der Waals surface area (Å²) in [5.74, 6) is 0.125. The molecule has 0 aliphatic heterocycles. The van der Waals surface area contributed by atoms with Gasteiger partial charge in [0.1, 0.15) is 0 Å². The Labute approximate surface area is 150 Å². The summed E-state index contributed by atoms with van der Waals surface area (Å²) in [4.78, 5) is 12.3. The average Bonchev–Trinajstić information content (AvgIpc) is 2.54. The van der Waals surface area contributed by atoms with E-state index in [1.54, 1.807) is 0 Å². The van der Waals surface area contributed by atoms with Crippen LogP contribution in [0.15, 0.2) is 42.5 Å². The number of nitrogens with one attached hydrogen (secondary N) is 1. The second-order valence-electron chi connectivity index (χ2n) is 6.46. The van der Waals surface area contributed by atoms with Crippen LogP contribution in [-0.4, -0.2) is 5.91 Å². The third-order valence-electron chi connectivity index (χ3n) is 4.58. The number of hydrogen-bond acceptors (Lipinski definition) is 2. The molecule has 0 saturated heterocycles. The molecule has 0 heterocycles. The summed E-state index contributed by atoms with van der Waals surface area (Å²) in [6.07, 6.45) is 4.47. The topological polar surface area (TPSA) is 55.1 Å². The maximum absolute atomic E-state index is 12.3. The number of carbonyl (C=O) groups excluding carboxylic acids is 1. The van der Waals surface area contributed by atoms with Crippen LogP contribution in [0.5, 0.6) is 0 Å². The van der Waals surface area contributed by atoms with Gasteiger partial charge < -0.3 is 11.1 Å². The number of rotatable bonds is 4. The molecule has 2 aromatic carbocycles. The SMILES string of the molecule is Cc1ccc(CCC(=O)NC2CCCc3cc(N)ccc32)cc1.Cl. The molecule has 0 saturated carbocycles. The molecule has 24 heavy (non-hydrogen) atoms. The monoisotopic (exact) mass is 344 g/mol. The van der Waals surface area contributed by atoms with Gasteiger partial charge in [-0.1, -0.05) is 35.9 Å². The molecule has 0 fully saturated rings. The molecule has 1 atom stereocenters. The molecule has 128 valence electrons. The first-order valence-corrected chi connectivity index (χ1v) is 8.35. The molecular formula is C20H25ClN2O. The molecule has 1 aliphatic carbocycles. The highest BCUT2D eigenvalue weighted by Gasteiger charge is 2.21. The van der Waals surface area contributed by atoms with Crippen molar-refractivity contribution in [2.45, 2.75) is 45.1 Å². The Bertz CT molecular complexity index is 697. The minimum atomic E-state index is 0. The van der Waals surface area contributed by atoms with Crippen molar-refractivity contribution in [3.05, 3.63) is 64.7 Å². The average molecular weight is 345 g/mol. The Morgan fingerprint density at radius 3 is 2.71 bits per heavy atom. The van der Waals surface area contributed by atoms with Crippen molar-refractivity contribution >= 4 is 24.0 Å². The van der Waals surface area contributed by atoms with Crippen LogP contribution < -0.4 is 11.1 Å². The molecule has 0 aromatic heterocycles. The lowest BCUT2D eigenvalue weighted by Crippen LogP contribution is -2.31. The summed E-state index contributed by atoms with van der Waals surface area (Å²) in [7, 11) is 0. The van der Waals surface area contributed by atoms with Crippen molar-refractivity contribution in [1.29, 1.82) is 0 Å². The highest BCUT2D eigenvalue weighted by Crippen LogP contribution is 2.31. The molecule has 0 spiro atoms. The number of benzene rings is 2. The summed E-state index contributed by atoms with van der Waals surface area (Å²) >= 11 is 0. The van der Waals surface area contributed by atoms with Crippen molar-refractivity contribution in [3.63, 3.8) is 0 Å². The van der Waals surface area contributed by atoms with Gasteiger partial charge in [-0.3, -0.25) is 4.79 Å². The Hall–Kier alpha value is -2.00. The quantitative estimate of drug-likeness (QED) is 0.819. The Morgan fingerprint density at radius 1 is 1.21 bits per heavy atom. The molecule has 1 unspecified atom stereocenters. The fourth-order valence-corrected chi connectivity index (χ4v) is 3.26. The van der Waals surface area contributed by atoms with Crippen molar-refractivity contribution in [3.8, 4) is 0 Å². The van der Waals surface area contributed by atoms with E-state index < -0.39 is 0 Å². The standard InChI is InChI=1S/C20H24N2O.ClH/c1-14-5-7-15(8-6-14)9-12-20(23)22-19-4-2-3-16-13-17(21)10-11-18(16)19;/h5-8,10-11,13,19H,2-4,9,12,21H2,1H3,(H,22,23);1H. The van der Waals surface area contributed by atoms with Crippen LogP contribution in [0, 0.1) is 6.92 Å². The smallest absolute Gasteiger partial charge is 0.220 e. The Morgan fingerprint density at radius 2 is 1.96 bits per heavy atom. The lowest BCUT2D eigenvalue weighted by Gasteiger charge is -2.26. The van der Waals surface area contributed by atoms with Crippen molar-refractivity contribution < 1.29 is 4.79 Å². The molecule has 3 rings (SSSR count). The van der Waals surface area contributed by atoms with Crippen molar-refractivity contribution in [1.82, 2.24) is 5.32 Å². The first-order valence-electron chi connectivity index (χ1n) is 8.35. The van der Waals surface area contributed by atoms with Gasteiger partial charge in [-0.15, -0.1) is 12.4 Å². The van der Waals surface area contributed by atoms with E-state index in [4.69, 9.17) is 5.73 Å². The Kier molecular flexibility index (Phi) is 6.27. The van der Waals surface area contributed by atoms with Gasteiger partial charge in [0.2, 0.25) is 5.91 Å². The summed E-state index contributed by atoms with van der Waals surface area (Å²) in [6, 6.07) is 14.5. The van der Waals surface area contributed by atoms with Gasteiger partial charge >= 0.3 is 0 Å². The highest BCUT2D eigenvalue weighted by molar-refractivity contribution is 5.85. The molecule has 3 nitrogen and oxygen atoms in total. The van der Waals surface area contributed by atoms with Crippen molar-refractivity contribution in [2.75, 3.05) is 5.73 Å². The van der Waals surface area contributed by atoms with Gasteiger partial charge in [-0.05, 0) is 61.4 Å². The van der Waals surface area contributed by atoms with E-state index in [1.165, 1.54) is 22.3 Å². The van der Waals surface area contributed by atoms with E-state index in [-0.39, 0.29) is 24.4 Å². The van der Waals surface area contributed by atoms with Gasteiger partial charge in [0.25, 0.3) is 0 Å². The van der Waals surface area contributed by atoms with E-state index >= 15 is 0 Å². The van der Waals surface area contributed by atoms with Crippen LogP contribution in [0.1, 0.15) is 47.6 Å². The number of fused-ring (bicyclic) bond motifs is 1. The van der Waals surface area contributed by atoms with Gasteiger partial charge in [-0.2, -0.15) is 0 Å². The zero-order valence-corrected chi connectivity index (χ0v) is 14.9. The van der Waals surface area contributed by atoms with E-state index in [0.717, 1.165) is 31.4 Å². The molecule has 2 aromatic rings. The Balaban J connectivity index is 0.00000208. The fraction of sp³-hybridized carbons (Fsp3) is 0.350. The summed E-state index contributed by atoms with van der Waals surface area (Å²) < 4.78 is 0. The largest absolute Gasteiger partial charge is 0.399 e. The summed E-state index contributed by atoms with van der Waals surface area (Å²) in [5.41, 5.74) is 11.6. The van der Waals surface area contributed by atoms with Crippen molar-refractivity contribution in [2.24, 2.45) is 0 Å². The lowest BCUT2D eigenvalue weighted by atomic mass is 9.87. The number of hydrogen-bond donors (Lipinski definition) is 2. The number of anilines is 1. The van der Waals surface area contributed by atoms with Gasteiger partial charge in [-0.25, -0.2) is 0 Å². The maximum atomic E-state index is 12.3. The van der Waals surface area contributed by atoms with Crippen LogP contribution in [0.4, 0.5) is 5.69 Å². The molecule has 3 N–H and O–H groups in total.